The van der Waals surface area contributed by atoms with Gasteiger partial charge >= 0.3 is 0 Å². The average Bonchev–Trinajstić information content (AvgIpc) is 2.82. The largest absolute Gasteiger partial charge is 0.493 e. The number of thioether (sulfide) groups is 1. The molecule has 160 valence electrons. The highest BCUT2D eigenvalue weighted by molar-refractivity contribution is 7.99. The lowest BCUT2D eigenvalue weighted by Gasteiger charge is -2.20. The van der Waals surface area contributed by atoms with E-state index in [9.17, 15) is 4.79 Å². The van der Waals surface area contributed by atoms with Crippen LogP contribution in [0.1, 0.15) is 52.9 Å². The summed E-state index contributed by atoms with van der Waals surface area (Å²) in [5.41, 5.74) is 4.73. The van der Waals surface area contributed by atoms with E-state index in [0.717, 1.165) is 17.9 Å². The van der Waals surface area contributed by atoms with E-state index in [1.807, 2.05) is 49.4 Å². The Morgan fingerprint density at radius 3 is 2.48 bits per heavy atom. The fourth-order valence-corrected chi connectivity index (χ4v) is 4.68. The van der Waals surface area contributed by atoms with E-state index in [2.05, 4.69) is 35.6 Å². The number of ether oxygens (including phenoxy) is 1. The first-order chi connectivity index (χ1) is 15.2. The van der Waals surface area contributed by atoms with E-state index >= 15 is 0 Å². The van der Waals surface area contributed by atoms with Crippen LogP contribution in [-0.2, 0) is 12.8 Å². The van der Waals surface area contributed by atoms with Crippen molar-refractivity contribution in [3.8, 4) is 5.75 Å². The average molecular weight is 432 g/mol. The molecule has 4 heteroatoms. The number of rotatable bonds is 8. The number of amides is 1. The third-order valence-corrected chi connectivity index (χ3v) is 6.68. The molecule has 1 aliphatic rings. The maximum absolute atomic E-state index is 12.7. The van der Waals surface area contributed by atoms with Crippen LogP contribution in [-0.4, -0.2) is 18.3 Å². The second-order valence-electron chi connectivity index (χ2n) is 7.96. The van der Waals surface area contributed by atoms with Gasteiger partial charge in [-0.1, -0.05) is 36.4 Å². The van der Waals surface area contributed by atoms with Crippen molar-refractivity contribution in [1.29, 1.82) is 0 Å². The Balaban J connectivity index is 1.27. The van der Waals surface area contributed by atoms with Crippen LogP contribution in [0.2, 0.25) is 0 Å². The first-order valence-electron chi connectivity index (χ1n) is 11.0. The lowest BCUT2D eigenvalue weighted by Crippen LogP contribution is -2.26. The Morgan fingerprint density at radius 1 is 0.968 bits per heavy atom. The van der Waals surface area contributed by atoms with Gasteiger partial charge < -0.3 is 10.1 Å². The summed E-state index contributed by atoms with van der Waals surface area (Å²) in [7, 11) is 0. The van der Waals surface area contributed by atoms with Crippen LogP contribution in [0, 0.1) is 0 Å². The van der Waals surface area contributed by atoms with E-state index in [1.165, 1.54) is 40.8 Å². The molecule has 0 aromatic heterocycles. The molecular formula is C27H29NO2S. The molecule has 3 aromatic carbocycles. The molecule has 0 saturated heterocycles. The van der Waals surface area contributed by atoms with E-state index in [0.29, 0.717) is 12.2 Å². The molecule has 3 aromatic rings. The number of benzene rings is 3. The van der Waals surface area contributed by atoms with Crippen molar-refractivity contribution >= 4 is 17.7 Å². The van der Waals surface area contributed by atoms with E-state index in [-0.39, 0.29) is 11.9 Å². The van der Waals surface area contributed by atoms with E-state index in [1.54, 1.807) is 11.8 Å². The topological polar surface area (TPSA) is 38.3 Å². The normalized spacial score (nSPS) is 13.8. The van der Waals surface area contributed by atoms with Gasteiger partial charge in [-0.2, -0.15) is 0 Å². The lowest BCUT2D eigenvalue weighted by molar-refractivity contribution is 0.0940. The molecule has 4 rings (SSSR count). The standard InChI is InChI=1S/C27H29NO2S/c1-20(23-12-11-21-7-5-6-8-24(21)19-23)28-27(29)22-13-15-25(16-14-22)30-17-18-31-26-9-3-2-4-10-26/h2-4,9-16,19-20H,5-8,17-18H2,1H3,(H,28,29)/t20-/m0/s1. The molecule has 0 saturated carbocycles. The smallest absolute Gasteiger partial charge is 0.251 e. The Morgan fingerprint density at radius 2 is 1.71 bits per heavy atom. The SMILES string of the molecule is C[C@H](NC(=O)c1ccc(OCCSc2ccccc2)cc1)c1ccc2c(c1)CCCC2. The molecule has 31 heavy (non-hydrogen) atoms. The second kappa shape index (κ2) is 10.5. The Hall–Kier alpha value is -2.72. The zero-order valence-electron chi connectivity index (χ0n) is 18.0. The van der Waals surface area contributed by atoms with Crippen LogP contribution in [0.5, 0.6) is 5.75 Å². The van der Waals surface area contributed by atoms with Crippen molar-refractivity contribution < 1.29 is 9.53 Å². The third kappa shape index (κ3) is 5.92. The van der Waals surface area contributed by atoms with Crippen molar-refractivity contribution in [2.45, 2.75) is 43.5 Å². The first-order valence-corrected chi connectivity index (χ1v) is 12.0. The molecule has 0 bridgehead atoms. The fourth-order valence-electron chi connectivity index (χ4n) is 3.92. The summed E-state index contributed by atoms with van der Waals surface area (Å²) in [5, 5.41) is 3.13. The molecule has 1 N–H and O–H groups in total. The number of hydrogen-bond donors (Lipinski definition) is 1. The third-order valence-electron chi connectivity index (χ3n) is 5.70. The summed E-state index contributed by atoms with van der Waals surface area (Å²) in [6.07, 6.45) is 4.87. The zero-order chi connectivity index (χ0) is 21.5. The number of carbonyl (C=O) groups is 1. The summed E-state index contributed by atoms with van der Waals surface area (Å²) < 4.78 is 5.81. The molecule has 0 spiro atoms. The summed E-state index contributed by atoms with van der Waals surface area (Å²) in [6.45, 7) is 2.67. The maximum Gasteiger partial charge on any atom is 0.251 e. The molecule has 1 amide bonds. The van der Waals surface area contributed by atoms with Crippen LogP contribution in [0.3, 0.4) is 0 Å². The fraction of sp³-hybridized carbons (Fsp3) is 0.296. The molecule has 0 aliphatic heterocycles. The quantitative estimate of drug-likeness (QED) is 0.339. The summed E-state index contributed by atoms with van der Waals surface area (Å²) >= 11 is 1.77. The van der Waals surface area contributed by atoms with Gasteiger partial charge in [-0.15, -0.1) is 11.8 Å². The number of fused-ring (bicyclic) bond motifs is 1. The molecule has 1 atom stereocenters. The van der Waals surface area contributed by atoms with Gasteiger partial charge in [-0.05, 0) is 85.7 Å². The Kier molecular flexibility index (Phi) is 7.31. The zero-order valence-corrected chi connectivity index (χ0v) is 18.8. The van der Waals surface area contributed by atoms with Crippen LogP contribution in [0.25, 0.3) is 0 Å². The molecule has 1 aliphatic carbocycles. The van der Waals surface area contributed by atoms with Crippen LogP contribution >= 0.6 is 11.8 Å². The molecule has 0 heterocycles. The van der Waals surface area contributed by atoms with Gasteiger partial charge in [0.2, 0.25) is 0 Å². The van der Waals surface area contributed by atoms with E-state index < -0.39 is 0 Å². The molecule has 0 unspecified atom stereocenters. The van der Waals surface area contributed by atoms with Gasteiger partial charge in [0.05, 0.1) is 12.6 Å². The number of nitrogens with one attached hydrogen (secondary N) is 1. The summed E-state index contributed by atoms with van der Waals surface area (Å²) in [4.78, 5) is 13.9. The highest BCUT2D eigenvalue weighted by Gasteiger charge is 2.15. The minimum absolute atomic E-state index is 0.0225. The lowest BCUT2D eigenvalue weighted by atomic mass is 9.89. The van der Waals surface area contributed by atoms with Crippen LogP contribution in [0.15, 0.2) is 77.7 Å². The number of hydrogen-bond acceptors (Lipinski definition) is 3. The van der Waals surface area contributed by atoms with Gasteiger partial charge in [-0.3, -0.25) is 4.79 Å². The maximum atomic E-state index is 12.7. The summed E-state index contributed by atoms with van der Waals surface area (Å²) in [6, 6.07) is 24.3. The molecule has 0 fully saturated rings. The van der Waals surface area contributed by atoms with Crippen molar-refractivity contribution in [2.75, 3.05) is 12.4 Å². The van der Waals surface area contributed by atoms with Crippen molar-refractivity contribution in [2.24, 2.45) is 0 Å². The minimum atomic E-state index is -0.0589. The Bertz CT molecular complexity index is 1000. The number of carbonyl (C=O) groups excluding carboxylic acids is 1. The summed E-state index contributed by atoms with van der Waals surface area (Å²) in [5.74, 6) is 1.61. The Labute approximate surface area is 189 Å². The predicted octanol–water partition coefficient (Wildman–Crippen LogP) is 6.23. The van der Waals surface area contributed by atoms with Gasteiger partial charge in [0, 0.05) is 16.2 Å². The van der Waals surface area contributed by atoms with Crippen molar-refractivity contribution in [3.63, 3.8) is 0 Å². The van der Waals surface area contributed by atoms with Gasteiger partial charge in [0.15, 0.2) is 0 Å². The van der Waals surface area contributed by atoms with Crippen LogP contribution < -0.4 is 10.1 Å². The highest BCUT2D eigenvalue weighted by atomic mass is 32.2. The van der Waals surface area contributed by atoms with Gasteiger partial charge in [0.1, 0.15) is 5.75 Å². The van der Waals surface area contributed by atoms with Gasteiger partial charge in [0.25, 0.3) is 5.91 Å². The minimum Gasteiger partial charge on any atom is -0.493 e. The predicted molar refractivity (Wildman–Crippen MR) is 128 cm³/mol. The van der Waals surface area contributed by atoms with Gasteiger partial charge in [-0.25, -0.2) is 0 Å². The van der Waals surface area contributed by atoms with Crippen molar-refractivity contribution in [1.82, 2.24) is 5.32 Å². The monoisotopic (exact) mass is 431 g/mol. The molecular weight excluding hydrogens is 402 g/mol. The van der Waals surface area contributed by atoms with Crippen LogP contribution in [0.4, 0.5) is 0 Å². The molecule has 3 nitrogen and oxygen atoms in total. The number of aryl methyl sites for hydroxylation is 2. The highest BCUT2D eigenvalue weighted by Crippen LogP contribution is 2.25. The molecule has 0 radical (unpaired) electrons. The van der Waals surface area contributed by atoms with E-state index in [4.69, 9.17) is 4.74 Å². The van der Waals surface area contributed by atoms with Crippen molar-refractivity contribution in [3.05, 3.63) is 95.1 Å². The first kappa shape index (κ1) is 21.5. The second-order valence-corrected chi connectivity index (χ2v) is 9.13.